The van der Waals surface area contributed by atoms with Gasteiger partial charge >= 0.3 is 0 Å². The summed E-state index contributed by atoms with van der Waals surface area (Å²) in [7, 11) is 0. The van der Waals surface area contributed by atoms with E-state index >= 15 is 0 Å². The summed E-state index contributed by atoms with van der Waals surface area (Å²) in [6.45, 7) is 8.11. The first kappa shape index (κ1) is 17.2. The Morgan fingerprint density at radius 1 is 1.14 bits per heavy atom. The van der Waals surface area contributed by atoms with Crippen molar-refractivity contribution in [1.29, 1.82) is 0 Å². The summed E-state index contributed by atoms with van der Waals surface area (Å²) in [6, 6.07) is 5.80. The number of carbonyl (C=O) groups is 2. The van der Waals surface area contributed by atoms with Gasteiger partial charge in [0, 0.05) is 23.8 Å². The molecule has 1 rings (SSSR count). The summed E-state index contributed by atoms with van der Waals surface area (Å²) >= 11 is 0. The minimum Gasteiger partial charge on any atom is -0.326 e. The average Bonchev–Trinajstić information content (AvgIpc) is 2.47. The molecule has 1 aromatic carbocycles. The number of anilines is 2. The molecule has 1 unspecified atom stereocenters. The zero-order valence-electron chi connectivity index (χ0n) is 13.2. The van der Waals surface area contributed by atoms with Crippen molar-refractivity contribution < 1.29 is 9.59 Å². The van der Waals surface area contributed by atoms with Crippen LogP contribution in [0.1, 0.15) is 39.2 Å². The second-order valence-corrected chi connectivity index (χ2v) is 5.17. The van der Waals surface area contributed by atoms with Gasteiger partial charge in [0.2, 0.25) is 11.8 Å². The number of carbonyl (C=O) groups excluding carboxylic acids is 2. The molecule has 1 atom stereocenters. The van der Waals surface area contributed by atoms with Crippen molar-refractivity contribution in [1.82, 2.24) is 5.32 Å². The Morgan fingerprint density at radius 2 is 1.86 bits per heavy atom. The minimum atomic E-state index is -0.0858. The van der Waals surface area contributed by atoms with Crippen molar-refractivity contribution in [3.05, 3.63) is 23.8 Å². The number of hydrogen-bond donors (Lipinski definition) is 3. The summed E-state index contributed by atoms with van der Waals surface area (Å²) in [5.41, 5.74) is 2.37. The summed E-state index contributed by atoms with van der Waals surface area (Å²) in [5, 5.41) is 8.80. The quantitative estimate of drug-likeness (QED) is 0.723. The third-order valence-corrected chi connectivity index (χ3v) is 3.34. The van der Waals surface area contributed by atoms with Crippen molar-refractivity contribution in [3.8, 4) is 0 Å². The molecule has 2 amide bonds. The average molecular weight is 291 g/mol. The Hall–Kier alpha value is -1.88. The standard InChI is InChI=1S/C16H25N3O2/c1-5-12(4)17-10-16(21)19-14-9-13(8-7-11(14)3)18-15(20)6-2/h7-9,12,17H,5-6,10H2,1-4H3,(H,18,20)(H,19,21). The molecule has 1 aromatic rings. The van der Waals surface area contributed by atoms with E-state index in [2.05, 4.69) is 22.9 Å². The maximum Gasteiger partial charge on any atom is 0.238 e. The summed E-state index contributed by atoms with van der Waals surface area (Å²) < 4.78 is 0. The van der Waals surface area contributed by atoms with Gasteiger partial charge in [0.1, 0.15) is 0 Å². The highest BCUT2D eigenvalue weighted by Crippen LogP contribution is 2.20. The highest BCUT2D eigenvalue weighted by Gasteiger charge is 2.08. The van der Waals surface area contributed by atoms with Gasteiger partial charge in [-0.3, -0.25) is 9.59 Å². The van der Waals surface area contributed by atoms with Crippen molar-refractivity contribution in [3.63, 3.8) is 0 Å². The zero-order chi connectivity index (χ0) is 15.8. The monoisotopic (exact) mass is 291 g/mol. The van der Waals surface area contributed by atoms with Crippen molar-refractivity contribution in [2.24, 2.45) is 0 Å². The fourth-order valence-corrected chi connectivity index (χ4v) is 1.69. The molecule has 0 saturated carbocycles. The van der Waals surface area contributed by atoms with Gasteiger partial charge in [0.15, 0.2) is 0 Å². The molecule has 116 valence electrons. The normalized spacial score (nSPS) is 11.8. The predicted octanol–water partition coefficient (Wildman–Crippen LogP) is 2.67. The smallest absolute Gasteiger partial charge is 0.238 e. The maximum atomic E-state index is 11.9. The molecule has 0 heterocycles. The highest BCUT2D eigenvalue weighted by atomic mass is 16.2. The Morgan fingerprint density at radius 3 is 2.48 bits per heavy atom. The van der Waals surface area contributed by atoms with Crippen LogP contribution in [0.2, 0.25) is 0 Å². The van der Waals surface area contributed by atoms with Gasteiger partial charge in [0.25, 0.3) is 0 Å². The van der Waals surface area contributed by atoms with Crippen molar-refractivity contribution in [2.45, 2.75) is 46.6 Å². The van der Waals surface area contributed by atoms with Gasteiger partial charge in [0.05, 0.1) is 6.54 Å². The molecule has 5 heteroatoms. The number of nitrogens with one attached hydrogen (secondary N) is 3. The Kier molecular flexibility index (Phi) is 6.88. The highest BCUT2D eigenvalue weighted by molar-refractivity contribution is 5.95. The van der Waals surface area contributed by atoms with E-state index in [4.69, 9.17) is 0 Å². The lowest BCUT2D eigenvalue weighted by Crippen LogP contribution is -2.34. The summed E-state index contributed by atoms with van der Waals surface area (Å²) in [5.74, 6) is -0.132. The number of amides is 2. The third kappa shape index (κ3) is 5.95. The fraction of sp³-hybridized carbons (Fsp3) is 0.500. The first-order valence-corrected chi connectivity index (χ1v) is 7.40. The lowest BCUT2D eigenvalue weighted by Gasteiger charge is -2.13. The molecule has 0 saturated heterocycles. The van der Waals surface area contributed by atoms with E-state index in [1.54, 1.807) is 13.0 Å². The topological polar surface area (TPSA) is 70.2 Å². The largest absolute Gasteiger partial charge is 0.326 e. The molecular weight excluding hydrogens is 266 g/mol. The van der Waals surface area contributed by atoms with Crippen LogP contribution in [-0.2, 0) is 9.59 Å². The molecular formula is C16H25N3O2. The second-order valence-electron chi connectivity index (χ2n) is 5.17. The van der Waals surface area contributed by atoms with Gasteiger partial charge in [-0.2, -0.15) is 0 Å². The summed E-state index contributed by atoms with van der Waals surface area (Å²) in [4.78, 5) is 23.3. The van der Waals surface area contributed by atoms with E-state index in [0.717, 1.165) is 17.7 Å². The molecule has 0 bridgehead atoms. The fourth-order valence-electron chi connectivity index (χ4n) is 1.69. The molecule has 0 fully saturated rings. The van der Waals surface area contributed by atoms with Crippen LogP contribution in [0.25, 0.3) is 0 Å². The third-order valence-electron chi connectivity index (χ3n) is 3.34. The van der Waals surface area contributed by atoms with E-state index in [1.807, 2.05) is 26.0 Å². The van der Waals surface area contributed by atoms with E-state index in [9.17, 15) is 9.59 Å². The van der Waals surface area contributed by atoms with Crippen LogP contribution in [-0.4, -0.2) is 24.4 Å². The number of rotatable bonds is 7. The number of hydrogen-bond acceptors (Lipinski definition) is 3. The van der Waals surface area contributed by atoms with Crippen LogP contribution < -0.4 is 16.0 Å². The van der Waals surface area contributed by atoms with Crippen molar-refractivity contribution >= 4 is 23.2 Å². The molecule has 0 aliphatic carbocycles. The second kappa shape index (κ2) is 8.42. The van der Waals surface area contributed by atoms with E-state index in [-0.39, 0.29) is 18.4 Å². The van der Waals surface area contributed by atoms with Gasteiger partial charge < -0.3 is 16.0 Å². The Balaban J connectivity index is 2.67. The van der Waals surface area contributed by atoms with Gasteiger partial charge in [-0.25, -0.2) is 0 Å². The molecule has 0 spiro atoms. The van der Waals surface area contributed by atoms with Crippen LogP contribution in [0.4, 0.5) is 11.4 Å². The zero-order valence-corrected chi connectivity index (χ0v) is 13.2. The number of benzene rings is 1. The first-order chi connectivity index (χ1) is 9.96. The van der Waals surface area contributed by atoms with E-state index in [0.29, 0.717) is 18.2 Å². The summed E-state index contributed by atoms with van der Waals surface area (Å²) in [6.07, 6.45) is 1.40. The first-order valence-electron chi connectivity index (χ1n) is 7.40. The lowest BCUT2D eigenvalue weighted by molar-refractivity contribution is -0.116. The Labute approximate surface area is 126 Å². The van der Waals surface area contributed by atoms with Crippen LogP contribution in [0.5, 0.6) is 0 Å². The maximum absolute atomic E-state index is 11.9. The van der Waals surface area contributed by atoms with Gasteiger partial charge in [-0.05, 0) is 38.0 Å². The SMILES string of the molecule is CCC(=O)Nc1ccc(C)c(NC(=O)CNC(C)CC)c1. The molecule has 0 aliphatic rings. The molecule has 3 N–H and O–H groups in total. The van der Waals surface area contributed by atoms with Gasteiger partial charge in [-0.15, -0.1) is 0 Å². The van der Waals surface area contributed by atoms with Crippen LogP contribution in [0.3, 0.4) is 0 Å². The van der Waals surface area contributed by atoms with E-state index in [1.165, 1.54) is 0 Å². The predicted molar refractivity (Wildman–Crippen MR) is 86.5 cm³/mol. The van der Waals surface area contributed by atoms with E-state index < -0.39 is 0 Å². The van der Waals surface area contributed by atoms with Crippen LogP contribution >= 0.6 is 0 Å². The van der Waals surface area contributed by atoms with Gasteiger partial charge in [-0.1, -0.05) is 19.9 Å². The van der Waals surface area contributed by atoms with Crippen LogP contribution in [0, 0.1) is 6.92 Å². The minimum absolute atomic E-state index is 0.0467. The van der Waals surface area contributed by atoms with Crippen molar-refractivity contribution in [2.75, 3.05) is 17.2 Å². The molecule has 21 heavy (non-hydrogen) atoms. The molecule has 0 aliphatic heterocycles. The number of aryl methyl sites for hydroxylation is 1. The molecule has 5 nitrogen and oxygen atoms in total. The molecule has 0 aromatic heterocycles. The van der Waals surface area contributed by atoms with Crippen LogP contribution in [0.15, 0.2) is 18.2 Å². The lowest BCUT2D eigenvalue weighted by atomic mass is 10.1. The molecule has 0 radical (unpaired) electrons. The Bertz CT molecular complexity index is 500.